The molecule has 1 aliphatic rings. The van der Waals surface area contributed by atoms with E-state index in [1.165, 1.54) is 44.3 Å². The highest BCUT2D eigenvalue weighted by Gasteiger charge is 2.21. The monoisotopic (exact) mass is 245 g/mol. The topological polar surface area (TPSA) is 3.24 Å². The second kappa shape index (κ2) is 6.94. The van der Waals surface area contributed by atoms with E-state index >= 15 is 0 Å². The summed E-state index contributed by atoms with van der Waals surface area (Å²) in [5.41, 5.74) is 1.46. The Balaban J connectivity index is 1.69. The van der Waals surface area contributed by atoms with Gasteiger partial charge >= 0.3 is 0 Å². The van der Waals surface area contributed by atoms with E-state index in [9.17, 15) is 0 Å². The molecule has 1 atom stereocenters. The van der Waals surface area contributed by atoms with E-state index in [1.54, 1.807) is 0 Å². The predicted octanol–water partition coefficient (Wildman–Crippen LogP) is 4.33. The fraction of sp³-hybridized carbons (Fsp3) is 0.647. The summed E-state index contributed by atoms with van der Waals surface area (Å²) in [7, 11) is 0. The average molecular weight is 245 g/mol. The Morgan fingerprint density at radius 2 is 2.00 bits per heavy atom. The highest BCUT2D eigenvalue weighted by Crippen LogP contribution is 2.24. The SMILES string of the molecule is CC(C)CCCC1CCN(Cc2ccccc2)C1. The molecular weight excluding hydrogens is 218 g/mol. The van der Waals surface area contributed by atoms with Gasteiger partial charge in [-0.3, -0.25) is 4.90 Å². The van der Waals surface area contributed by atoms with Gasteiger partial charge in [0.15, 0.2) is 0 Å². The highest BCUT2D eigenvalue weighted by atomic mass is 15.1. The first-order valence-corrected chi connectivity index (χ1v) is 7.50. The largest absolute Gasteiger partial charge is 0.299 e. The number of hydrogen-bond acceptors (Lipinski definition) is 1. The maximum Gasteiger partial charge on any atom is 0.0233 e. The predicted molar refractivity (Wildman–Crippen MR) is 78.5 cm³/mol. The van der Waals surface area contributed by atoms with Crippen LogP contribution in [0.3, 0.4) is 0 Å². The fourth-order valence-corrected chi connectivity index (χ4v) is 2.95. The summed E-state index contributed by atoms with van der Waals surface area (Å²) in [4.78, 5) is 2.62. The summed E-state index contributed by atoms with van der Waals surface area (Å²) < 4.78 is 0. The van der Waals surface area contributed by atoms with Gasteiger partial charge in [0, 0.05) is 13.1 Å². The van der Waals surface area contributed by atoms with Crippen LogP contribution in [0.2, 0.25) is 0 Å². The molecule has 1 saturated heterocycles. The molecular formula is C17H27N. The van der Waals surface area contributed by atoms with Crippen molar-refractivity contribution in [3.05, 3.63) is 35.9 Å². The van der Waals surface area contributed by atoms with Gasteiger partial charge in [0.2, 0.25) is 0 Å². The zero-order valence-electron chi connectivity index (χ0n) is 11.9. The van der Waals surface area contributed by atoms with Crippen LogP contribution in [0.1, 0.15) is 45.1 Å². The zero-order chi connectivity index (χ0) is 12.8. The van der Waals surface area contributed by atoms with Crippen LogP contribution in [0.25, 0.3) is 0 Å². The van der Waals surface area contributed by atoms with Crippen molar-refractivity contribution in [1.29, 1.82) is 0 Å². The first-order chi connectivity index (χ1) is 8.74. The molecule has 1 heterocycles. The first kappa shape index (κ1) is 13.6. The molecule has 0 aromatic heterocycles. The van der Waals surface area contributed by atoms with Crippen LogP contribution in [0.5, 0.6) is 0 Å². The second-order valence-corrected chi connectivity index (χ2v) is 6.20. The molecule has 1 nitrogen and oxygen atoms in total. The molecule has 1 aromatic carbocycles. The van der Waals surface area contributed by atoms with E-state index in [0.717, 1.165) is 18.4 Å². The normalized spacial score (nSPS) is 20.7. The van der Waals surface area contributed by atoms with E-state index in [0.29, 0.717) is 0 Å². The molecule has 2 rings (SSSR count). The third kappa shape index (κ3) is 4.45. The summed E-state index contributed by atoms with van der Waals surface area (Å²) in [6.45, 7) is 8.41. The van der Waals surface area contributed by atoms with Crippen molar-refractivity contribution in [2.24, 2.45) is 11.8 Å². The molecule has 1 unspecified atom stereocenters. The average Bonchev–Trinajstić information content (AvgIpc) is 2.78. The fourth-order valence-electron chi connectivity index (χ4n) is 2.95. The van der Waals surface area contributed by atoms with Gasteiger partial charge in [-0.15, -0.1) is 0 Å². The number of rotatable bonds is 6. The summed E-state index contributed by atoms with van der Waals surface area (Å²) >= 11 is 0. The lowest BCUT2D eigenvalue weighted by atomic mass is 9.98. The summed E-state index contributed by atoms with van der Waals surface area (Å²) in [5, 5.41) is 0. The Morgan fingerprint density at radius 1 is 1.22 bits per heavy atom. The molecule has 1 aliphatic heterocycles. The lowest BCUT2D eigenvalue weighted by Gasteiger charge is -2.16. The Kier molecular flexibility index (Phi) is 5.25. The maximum absolute atomic E-state index is 2.62. The Bertz CT molecular complexity index is 331. The van der Waals surface area contributed by atoms with Crippen LogP contribution < -0.4 is 0 Å². The molecule has 0 amide bonds. The molecule has 0 aliphatic carbocycles. The van der Waals surface area contributed by atoms with Gasteiger partial charge in [0.1, 0.15) is 0 Å². The maximum atomic E-state index is 2.62. The van der Waals surface area contributed by atoms with Crippen molar-refractivity contribution in [1.82, 2.24) is 4.90 Å². The third-order valence-electron chi connectivity index (χ3n) is 4.01. The molecule has 0 bridgehead atoms. The molecule has 1 heteroatoms. The van der Waals surface area contributed by atoms with Crippen molar-refractivity contribution in [2.45, 2.75) is 46.1 Å². The number of nitrogens with zero attached hydrogens (tertiary/aromatic N) is 1. The minimum Gasteiger partial charge on any atom is -0.299 e. The Labute approximate surface area is 112 Å². The Hall–Kier alpha value is -0.820. The smallest absolute Gasteiger partial charge is 0.0233 e. The van der Waals surface area contributed by atoms with Crippen molar-refractivity contribution < 1.29 is 0 Å². The van der Waals surface area contributed by atoms with Crippen molar-refractivity contribution in [3.8, 4) is 0 Å². The van der Waals surface area contributed by atoms with Crippen LogP contribution in [0.15, 0.2) is 30.3 Å². The van der Waals surface area contributed by atoms with E-state index < -0.39 is 0 Å². The van der Waals surface area contributed by atoms with Gasteiger partial charge in [-0.2, -0.15) is 0 Å². The quantitative estimate of drug-likeness (QED) is 0.721. The molecule has 1 aromatic rings. The molecule has 0 saturated carbocycles. The van der Waals surface area contributed by atoms with Crippen molar-refractivity contribution in [3.63, 3.8) is 0 Å². The van der Waals surface area contributed by atoms with E-state index in [2.05, 4.69) is 49.1 Å². The van der Waals surface area contributed by atoms with E-state index in [4.69, 9.17) is 0 Å². The minimum atomic E-state index is 0.867. The minimum absolute atomic E-state index is 0.867. The van der Waals surface area contributed by atoms with Crippen LogP contribution in [-0.4, -0.2) is 18.0 Å². The Morgan fingerprint density at radius 3 is 2.72 bits per heavy atom. The van der Waals surface area contributed by atoms with Gasteiger partial charge in [-0.05, 0) is 36.8 Å². The van der Waals surface area contributed by atoms with E-state index in [-0.39, 0.29) is 0 Å². The van der Waals surface area contributed by atoms with Crippen LogP contribution >= 0.6 is 0 Å². The van der Waals surface area contributed by atoms with Crippen LogP contribution in [-0.2, 0) is 6.54 Å². The van der Waals surface area contributed by atoms with Crippen molar-refractivity contribution >= 4 is 0 Å². The molecule has 100 valence electrons. The van der Waals surface area contributed by atoms with Gasteiger partial charge in [0.05, 0.1) is 0 Å². The molecule has 0 N–H and O–H groups in total. The number of benzene rings is 1. The molecule has 1 fully saturated rings. The van der Waals surface area contributed by atoms with E-state index in [1.807, 2.05) is 0 Å². The second-order valence-electron chi connectivity index (χ2n) is 6.20. The van der Waals surface area contributed by atoms with Crippen molar-refractivity contribution in [2.75, 3.05) is 13.1 Å². The first-order valence-electron chi connectivity index (χ1n) is 7.50. The summed E-state index contributed by atoms with van der Waals surface area (Å²) in [6.07, 6.45) is 5.66. The molecule has 18 heavy (non-hydrogen) atoms. The van der Waals surface area contributed by atoms with Gasteiger partial charge < -0.3 is 0 Å². The number of hydrogen-bond donors (Lipinski definition) is 0. The zero-order valence-corrected chi connectivity index (χ0v) is 11.9. The standard InChI is InChI=1S/C17H27N/c1-15(2)7-6-10-17-11-12-18(14-17)13-16-8-4-3-5-9-16/h3-5,8-9,15,17H,6-7,10-14H2,1-2H3. The van der Waals surface area contributed by atoms with Crippen LogP contribution in [0, 0.1) is 11.8 Å². The van der Waals surface area contributed by atoms with Crippen LogP contribution in [0.4, 0.5) is 0 Å². The number of likely N-dealkylation sites (tertiary alicyclic amines) is 1. The summed E-state index contributed by atoms with van der Waals surface area (Å²) in [5.74, 6) is 1.82. The van der Waals surface area contributed by atoms with Gasteiger partial charge in [-0.1, -0.05) is 57.0 Å². The molecule has 0 radical (unpaired) electrons. The molecule has 0 spiro atoms. The lowest BCUT2D eigenvalue weighted by Crippen LogP contribution is -2.20. The third-order valence-corrected chi connectivity index (χ3v) is 4.01. The summed E-state index contributed by atoms with van der Waals surface area (Å²) in [6, 6.07) is 10.9. The van der Waals surface area contributed by atoms with Gasteiger partial charge in [0.25, 0.3) is 0 Å². The lowest BCUT2D eigenvalue weighted by molar-refractivity contribution is 0.310. The highest BCUT2D eigenvalue weighted by molar-refractivity contribution is 5.14. The van der Waals surface area contributed by atoms with Gasteiger partial charge in [-0.25, -0.2) is 0 Å².